The molecular weight excluding hydrogens is 473 g/mol. The van der Waals surface area contributed by atoms with Gasteiger partial charge in [-0.15, -0.1) is 10.2 Å². The Morgan fingerprint density at radius 3 is 2.71 bits per heavy atom. The molecule has 1 heterocycles. The van der Waals surface area contributed by atoms with Crippen LogP contribution in [0.15, 0.2) is 36.2 Å². The van der Waals surface area contributed by atoms with Crippen LogP contribution in [0.4, 0.5) is 13.2 Å². The molecule has 1 aromatic heterocycles. The number of nitrogens with two attached hydrogens (primary N) is 1. The minimum absolute atomic E-state index is 0.0778. The number of amides is 2. The largest absolute Gasteiger partial charge is 0.416 e. The van der Waals surface area contributed by atoms with E-state index in [2.05, 4.69) is 26.1 Å². The number of alkyl halides is 3. The first-order chi connectivity index (χ1) is 16.2. The lowest BCUT2D eigenvalue weighted by molar-refractivity contribution is -0.137. The number of hydrogen-bond acceptors (Lipinski definition) is 8. The lowest BCUT2D eigenvalue weighted by atomic mass is 10.1. The molecular formula is C21H27F3N6O3S. The first-order valence-electron chi connectivity index (χ1n) is 10.4. The molecule has 0 fully saturated rings. The van der Waals surface area contributed by atoms with E-state index in [0.29, 0.717) is 36.7 Å². The fourth-order valence-electron chi connectivity index (χ4n) is 2.68. The van der Waals surface area contributed by atoms with E-state index in [0.717, 1.165) is 30.0 Å². The molecule has 0 aliphatic rings. The monoisotopic (exact) mass is 500 g/mol. The summed E-state index contributed by atoms with van der Waals surface area (Å²) in [5.41, 5.74) is 5.16. The zero-order valence-electron chi connectivity index (χ0n) is 18.6. The SMILES string of the molecule is COCCNC(=O)c1nnc(CCCCN/C=C(\N)C(=O)NCc2cccc(C(F)(F)F)c2)s1. The van der Waals surface area contributed by atoms with Crippen LogP contribution in [0.2, 0.25) is 0 Å². The number of unbranched alkanes of at least 4 members (excludes halogenated alkanes) is 1. The number of halogens is 3. The van der Waals surface area contributed by atoms with Crippen molar-refractivity contribution in [1.82, 2.24) is 26.1 Å². The molecule has 2 rings (SSSR count). The number of carbonyl (C=O) groups excluding carboxylic acids is 2. The maximum Gasteiger partial charge on any atom is 0.416 e. The van der Waals surface area contributed by atoms with Crippen molar-refractivity contribution in [2.24, 2.45) is 5.73 Å². The number of aromatic nitrogens is 2. The molecule has 0 aliphatic heterocycles. The third-order valence-corrected chi connectivity index (χ3v) is 5.42. The van der Waals surface area contributed by atoms with Crippen LogP contribution >= 0.6 is 11.3 Å². The van der Waals surface area contributed by atoms with Crippen LogP contribution in [-0.2, 0) is 28.7 Å². The first kappa shape index (κ1) is 27.1. The average Bonchev–Trinajstić information content (AvgIpc) is 3.28. The van der Waals surface area contributed by atoms with E-state index in [4.69, 9.17) is 10.5 Å². The van der Waals surface area contributed by atoms with Gasteiger partial charge in [0.25, 0.3) is 11.8 Å². The fourth-order valence-corrected chi connectivity index (χ4v) is 3.48. The highest BCUT2D eigenvalue weighted by atomic mass is 32.1. The molecule has 13 heteroatoms. The molecule has 186 valence electrons. The van der Waals surface area contributed by atoms with Gasteiger partial charge in [-0.05, 0) is 30.5 Å². The van der Waals surface area contributed by atoms with E-state index in [9.17, 15) is 22.8 Å². The van der Waals surface area contributed by atoms with Crippen LogP contribution in [0.1, 0.15) is 38.8 Å². The summed E-state index contributed by atoms with van der Waals surface area (Å²) < 4.78 is 43.1. The van der Waals surface area contributed by atoms with Gasteiger partial charge in [0, 0.05) is 39.4 Å². The van der Waals surface area contributed by atoms with Crippen molar-refractivity contribution in [2.45, 2.75) is 32.0 Å². The van der Waals surface area contributed by atoms with E-state index < -0.39 is 17.6 Å². The molecule has 0 aliphatic carbocycles. The second-order valence-corrected chi connectivity index (χ2v) is 8.20. The highest BCUT2D eigenvalue weighted by molar-refractivity contribution is 7.13. The smallest absolute Gasteiger partial charge is 0.393 e. The first-order valence-corrected chi connectivity index (χ1v) is 11.2. The highest BCUT2D eigenvalue weighted by Gasteiger charge is 2.30. The number of nitrogens with zero attached hydrogens (tertiary/aromatic N) is 2. The number of aryl methyl sites for hydroxylation is 1. The number of ether oxygens (including phenoxy) is 1. The van der Waals surface area contributed by atoms with E-state index in [-0.39, 0.29) is 18.1 Å². The van der Waals surface area contributed by atoms with Gasteiger partial charge >= 0.3 is 6.18 Å². The van der Waals surface area contributed by atoms with Crippen molar-refractivity contribution in [1.29, 1.82) is 0 Å². The van der Waals surface area contributed by atoms with Crippen molar-refractivity contribution in [3.63, 3.8) is 0 Å². The fraction of sp³-hybridized carbons (Fsp3) is 0.429. The molecule has 0 radical (unpaired) electrons. The third kappa shape index (κ3) is 9.35. The summed E-state index contributed by atoms with van der Waals surface area (Å²) >= 11 is 1.23. The predicted octanol–water partition coefficient (Wildman–Crippen LogP) is 1.96. The van der Waals surface area contributed by atoms with Crippen LogP contribution in [0.25, 0.3) is 0 Å². The van der Waals surface area contributed by atoms with Gasteiger partial charge in [0.2, 0.25) is 5.01 Å². The molecule has 0 saturated carbocycles. The van der Waals surface area contributed by atoms with Crippen LogP contribution in [0.5, 0.6) is 0 Å². The zero-order chi connectivity index (χ0) is 25.0. The molecule has 9 nitrogen and oxygen atoms in total. The molecule has 34 heavy (non-hydrogen) atoms. The lowest BCUT2D eigenvalue weighted by Crippen LogP contribution is -2.29. The van der Waals surface area contributed by atoms with Crippen LogP contribution in [-0.4, -0.2) is 48.8 Å². The molecule has 2 aromatic rings. The van der Waals surface area contributed by atoms with E-state index in [1.165, 1.54) is 29.7 Å². The van der Waals surface area contributed by atoms with Gasteiger partial charge in [0.05, 0.1) is 12.2 Å². The summed E-state index contributed by atoms with van der Waals surface area (Å²) in [7, 11) is 1.55. The van der Waals surface area contributed by atoms with Crippen molar-refractivity contribution < 1.29 is 27.5 Å². The topological polar surface area (TPSA) is 131 Å². The van der Waals surface area contributed by atoms with Crippen LogP contribution in [0.3, 0.4) is 0 Å². The van der Waals surface area contributed by atoms with Crippen molar-refractivity contribution in [3.05, 3.63) is 57.3 Å². The zero-order valence-corrected chi connectivity index (χ0v) is 19.4. The normalized spacial score (nSPS) is 11.8. The van der Waals surface area contributed by atoms with Crippen molar-refractivity contribution in [2.75, 3.05) is 26.8 Å². The molecule has 5 N–H and O–H groups in total. The molecule has 0 bridgehead atoms. The highest BCUT2D eigenvalue weighted by Crippen LogP contribution is 2.29. The van der Waals surface area contributed by atoms with Gasteiger partial charge in [0.15, 0.2) is 0 Å². The second kappa shape index (κ2) is 13.5. The number of carbonyl (C=O) groups is 2. The molecule has 0 saturated heterocycles. The number of benzene rings is 1. The Kier molecular flexibility index (Phi) is 10.7. The number of nitrogens with one attached hydrogen (secondary N) is 3. The molecule has 1 aromatic carbocycles. The Hall–Kier alpha value is -3.19. The van der Waals surface area contributed by atoms with Crippen LogP contribution < -0.4 is 21.7 Å². The number of hydrogen-bond donors (Lipinski definition) is 4. The predicted molar refractivity (Wildman–Crippen MR) is 121 cm³/mol. The average molecular weight is 501 g/mol. The molecule has 2 amide bonds. The van der Waals surface area contributed by atoms with Crippen molar-refractivity contribution >= 4 is 23.2 Å². The summed E-state index contributed by atoms with van der Waals surface area (Å²) in [5, 5.41) is 17.0. The van der Waals surface area contributed by atoms with Crippen LogP contribution in [0, 0.1) is 0 Å². The van der Waals surface area contributed by atoms with Gasteiger partial charge < -0.3 is 26.4 Å². The summed E-state index contributed by atoms with van der Waals surface area (Å²) in [5.74, 6) is -0.871. The van der Waals surface area contributed by atoms with Gasteiger partial charge in [-0.2, -0.15) is 13.2 Å². The van der Waals surface area contributed by atoms with Gasteiger partial charge in [-0.3, -0.25) is 9.59 Å². The maximum absolute atomic E-state index is 12.8. The van der Waals surface area contributed by atoms with E-state index in [1.54, 1.807) is 7.11 Å². The van der Waals surface area contributed by atoms with E-state index in [1.807, 2.05) is 0 Å². The lowest BCUT2D eigenvalue weighted by Gasteiger charge is -2.10. The number of rotatable bonds is 13. The minimum atomic E-state index is -4.44. The third-order valence-electron chi connectivity index (χ3n) is 4.44. The summed E-state index contributed by atoms with van der Waals surface area (Å²) in [6.45, 7) is 1.28. The maximum atomic E-state index is 12.8. The Morgan fingerprint density at radius 1 is 1.18 bits per heavy atom. The van der Waals surface area contributed by atoms with E-state index >= 15 is 0 Å². The Morgan fingerprint density at radius 2 is 1.97 bits per heavy atom. The Balaban J connectivity index is 1.65. The van der Waals surface area contributed by atoms with Crippen molar-refractivity contribution in [3.8, 4) is 0 Å². The summed E-state index contributed by atoms with van der Waals surface area (Å²) in [6.07, 6.45) is -0.900. The summed E-state index contributed by atoms with van der Waals surface area (Å²) in [6, 6.07) is 4.72. The second-order valence-electron chi connectivity index (χ2n) is 7.14. The minimum Gasteiger partial charge on any atom is -0.393 e. The quantitative estimate of drug-likeness (QED) is 0.244. The molecule has 0 unspecified atom stereocenters. The summed E-state index contributed by atoms with van der Waals surface area (Å²) in [4.78, 5) is 23.9. The Bertz CT molecular complexity index is 981. The standard InChI is InChI=1S/C21H27F3N6O3S/c1-33-10-9-27-19(32)20-30-29-17(34-20)7-2-3-8-26-13-16(25)18(31)28-12-14-5-4-6-15(11-14)21(22,23)24/h4-6,11,13,26H,2-3,7-10,12,25H2,1H3,(H,27,32)(H,28,31)/b16-13-. The number of methoxy groups -OCH3 is 1. The van der Waals surface area contributed by atoms with Gasteiger partial charge in [0.1, 0.15) is 10.7 Å². The Labute approximate surface area is 199 Å². The molecule has 0 atom stereocenters. The molecule has 0 spiro atoms. The van der Waals surface area contributed by atoms with Gasteiger partial charge in [-0.1, -0.05) is 23.5 Å². The van der Waals surface area contributed by atoms with Gasteiger partial charge in [-0.25, -0.2) is 0 Å².